The molecule has 1 aromatic heterocycles. The van der Waals surface area contributed by atoms with Crippen LogP contribution in [0.2, 0.25) is 0 Å². The van der Waals surface area contributed by atoms with E-state index in [9.17, 15) is 0 Å². The molecule has 0 aliphatic rings. The second-order valence-corrected chi connectivity index (χ2v) is 7.37. The Morgan fingerprint density at radius 3 is 1.86 bits per heavy atom. The van der Waals surface area contributed by atoms with Crippen molar-refractivity contribution in [2.24, 2.45) is 0 Å². The number of rotatable bonds is 4. The van der Waals surface area contributed by atoms with E-state index >= 15 is 0 Å². The zero-order valence-corrected chi connectivity index (χ0v) is 13.3. The van der Waals surface area contributed by atoms with E-state index in [2.05, 4.69) is 9.59 Å². The second kappa shape index (κ2) is 6.38. The number of hydrogen-bond acceptors (Lipinski definition) is 7. The molecule has 0 aliphatic heterocycles. The predicted octanol–water partition coefficient (Wildman–Crippen LogP) is 4.00. The van der Waals surface area contributed by atoms with Gasteiger partial charge in [0.15, 0.2) is 5.03 Å². The number of nitrogens with two attached hydrogens (primary N) is 2. The molecule has 0 unspecified atom stereocenters. The van der Waals surface area contributed by atoms with Crippen molar-refractivity contribution in [3.63, 3.8) is 0 Å². The maximum Gasteiger partial charge on any atom is 0.150 e. The molecule has 4 N–H and O–H groups in total. The highest BCUT2D eigenvalue weighted by Gasteiger charge is 2.11. The zero-order chi connectivity index (χ0) is 14.7. The molecule has 0 bridgehead atoms. The van der Waals surface area contributed by atoms with Gasteiger partial charge >= 0.3 is 0 Å². The summed E-state index contributed by atoms with van der Waals surface area (Å²) in [5, 5.41) is 5.11. The highest BCUT2D eigenvalue weighted by molar-refractivity contribution is 8.03. The van der Waals surface area contributed by atoms with E-state index in [1.807, 2.05) is 48.5 Å². The highest BCUT2D eigenvalue weighted by atomic mass is 32.2. The van der Waals surface area contributed by atoms with Gasteiger partial charge in [-0.3, -0.25) is 0 Å². The molecule has 0 atom stereocenters. The van der Waals surface area contributed by atoms with Crippen molar-refractivity contribution in [2.45, 2.75) is 19.0 Å². The molecule has 0 aliphatic carbocycles. The average Bonchev–Trinajstić information content (AvgIpc) is 2.91. The van der Waals surface area contributed by atoms with Gasteiger partial charge < -0.3 is 11.5 Å². The van der Waals surface area contributed by atoms with Crippen molar-refractivity contribution in [1.29, 1.82) is 0 Å². The smallest absolute Gasteiger partial charge is 0.150 e. The molecule has 3 aromatic rings. The minimum Gasteiger partial charge on any atom is -0.399 e. The largest absolute Gasteiger partial charge is 0.399 e. The highest BCUT2D eigenvalue weighted by Crippen LogP contribution is 2.39. The van der Waals surface area contributed by atoms with Gasteiger partial charge in [0.1, 0.15) is 4.21 Å². The van der Waals surface area contributed by atoms with Crippen LogP contribution in [0.1, 0.15) is 0 Å². The van der Waals surface area contributed by atoms with Gasteiger partial charge in [-0.25, -0.2) is 0 Å². The van der Waals surface area contributed by atoms with Crippen LogP contribution in [0.5, 0.6) is 0 Å². The second-order valence-electron chi connectivity index (χ2n) is 4.21. The molecule has 1 heterocycles. The third-order valence-corrected chi connectivity index (χ3v) is 5.74. The first kappa shape index (κ1) is 14.2. The van der Waals surface area contributed by atoms with Gasteiger partial charge in [0, 0.05) is 21.2 Å². The molecule has 0 saturated carbocycles. The van der Waals surface area contributed by atoms with Crippen molar-refractivity contribution in [1.82, 2.24) is 9.59 Å². The van der Waals surface area contributed by atoms with Crippen LogP contribution in [0.15, 0.2) is 67.6 Å². The van der Waals surface area contributed by atoms with E-state index in [1.165, 1.54) is 11.5 Å². The van der Waals surface area contributed by atoms with E-state index < -0.39 is 0 Å². The molecule has 0 amide bonds. The van der Waals surface area contributed by atoms with Crippen LogP contribution in [-0.4, -0.2) is 9.59 Å². The average molecular weight is 332 g/mol. The van der Waals surface area contributed by atoms with E-state index in [0.29, 0.717) is 0 Å². The summed E-state index contributed by atoms with van der Waals surface area (Å²) in [7, 11) is 0. The van der Waals surface area contributed by atoms with Crippen molar-refractivity contribution in [3.05, 3.63) is 48.5 Å². The van der Waals surface area contributed by atoms with Crippen LogP contribution in [0, 0.1) is 0 Å². The standard InChI is InChI=1S/C14H12N4S3/c15-9-1-5-11(6-2-9)19-13-14(21-18-17-13)20-12-7-3-10(16)4-8-12/h1-8H,15-16H2. The van der Waals surface area contributed by atoms with E-state index in [4.69, 9.17) is 11.5 Å². The van der Waals surface area contributed by atoms with Crippen LogP contribution >= 0.6 is 35.1 Å². The molecule has 21 heavy (non-hydrogen) atoms. The maximum atomic E-state index is 5.70. The van der Waals surface area contributed by atoms with Crippen LogP contribution in [0.3, 0.4) is 0 Å². The van der Waals surface area contributed by atoms with Crippen molar-refractivity contribution >= 4 is 46.4 Å². The molecule has 0 spiro atoms. The lowest BCUT2D eigenvalue weighted by Gasteiger charge is -2.02. The number of hydrogen-bond donors (Lipinski definition) is 2. The van der Waals surface area contributed by atoms with Gasteiger partial charge in [0.05, 0.1) is 0 Å². The number of benzene rings is 2. The van der Waals surface area contributed by atoms with Crippen molar-refractivity contribution < 1.29 is 0 Å². The molecular formula is C14H12N4S3. The fourth-order valence-corrected chi connectivity index (χ4v) is 4.26. The van der Waals surface area contributed by atoms with Crippen LogP contribution in [0.25, 0.3) is 0 Å². The summed E-state index contributed by atoms with van der Waals surface area (Å²) in [6.45, 7) is 0. The maximum absolute atomic E-state index is 5.70. The van der Waals surface area contributed by atoms with Gasteiger partial charge in [-0.05, 0) is 60.1 Å². The minimum absolute atomic E-state index is 0.757. The van der Waals surface area contributed by atoms with Crippen LogP contribution < -0.4 is 11.5 Å². The number of nitrogens with zero attached hydrogens (tertiary/aromatic N) is 2. The summed E-state index contributed by atoms with van der Waals surface area (Å²) in [4.78, 5) is 2.21. The third-order valence-electron chi connectivity index (χ3n) is 2.62. The fraction of sp³-hybridized carbons (Fsp3) is 0. The van der Waals surface area contributed by atoms with Crippen LogP contribution in [-0.2, 0) is 0 Å². The Hall–Kier alpha value is -1.70. The molecule has 7 heteroatoms. The van der Waals surface area contributed by atoms with Crippen molar-refractivity contribution in [3.8, 4) is 0 Å². The SMILES string of the molecule is Nc1ccc(Sc2nnsc2Sc2ccc(N)cc2)cc1. The summed E-state index contributed by atoms with van der Waals surface area (Å²) in [6, 6.07) is 15.5. The lowest BCUT2D eigenvalue weighted by molar-refractivity contribution is 1.00. The quantitative estimate of drug-likeness (QED) is 0.703. The fourth-order valence-electron chi connectivity index (χ4n) is 1.59. The summed E-state index contributed by atoms with van der Waals surface area (Å²) >= 11 is 4.63. The van der Waals surface area contributed by atoms with Gasteiger partial charge in [0.2, 0.25) is 0 Å². The van der Waals surface area contributed by atoms with Gasteiger partial charge in [-0.15, -0.1) is 5.10 Å². The van der Waals surface area contributed by atoms with Crippen LogP contribution in [0.4, 0.5) is 11.4 Å². The predicted molar refractivity (Wildman–Crippen MR) is 89.9 cm³/mol. The molecule has 0 radical (unpaired) electrons. The molecule has 4 nitrogen and oxygen atoms in total. The minimum atomic E-state index is 0.757. The Morgan fingerprint density at radius 2 is 1.29 bits per heavy atom. The molecule has 2 aromatic carbocycles. The van der Waals surface area contributed by atoms with Gasteiger partial charge in [-0.1, -0.05) is 28.0 Å². The lowest BCUT2D eigenvalue weighted by Crippen LogP contribution is -1.83. The Labute approximate surface area is 135 Å². The Morgan fingerprint density at radius 1 is 0.762 bits per heavy atom. The first-order chi connectivity index (χ1) is 10.2. The van der Waals surface area contributed by atoms with Crippen molar-refractivity contribution in [2.75, 3.05) is 11.5 Å². The summed E-state index contributed by atoms with van der Waals surface area (Å²) in [5.74, 6) is 0. The Kier molecular flexibility index (Phi) is 4.33. The molecule has 0 fully saturated rings. The van der Waals surface area contributed by atoms with Gasteiger partial charge in [0.25, 0.3) is 0 Å². The summed E-state index contributed by atoms with van der Waals surface area (Å²) in [5.41, 5.74) is 12.9. The first-order valence-corrected chi connectivity index (χ1v) is 8.50. The third kappa shape index (κ3) is 3.69. The number of anilines is 2. The van der Waals surface area contributed by atoms with E-state index in [1.54, 1.807) is 23.5 Å². The van der Waals surface area contributed by atoms with E-state index in [-0.39, 0.29) is 0 Å². The molecule has 0 saturated heterocycles. The zero-order valence-electron chi connectivity index (χ0n) is 10.9. The van der Waals surface area contributed by atoms with E-state index in [0.717, 1.165) is 30.4 Å². The molecular weight excluding hydrogens is 320 g/mol. The molecule has 3 rings (SSSR count). The summed E-state index contributed by atoms with van der Waals surface area (Å²) < 4.78 is 5.12. The molecule has 106 valence electrons. The van der Waals surface area contributed by atoms with Gasteiger partial charge in [-0.2, -0.15) is 0 Å². The summed E-state index contributed by atoms with van der Waals surface area (Å²) in [6.07, 6.45) is 0. The lowest BCUT2D eigenvalue weighted by atomic mass is 10.3. The Balaban J connectivity index is 1.77. The normalized spacial score (nSPS) is 10.7. The number of aromatic nitrogens is 2. The monoisotopic (exact) mass is 332 g/mol. The first-order valence-electron chi connectivity index (χ1n) is 6.10. The topological polar surface area (TPSA) is 77.8 Å². The number of nitrogen functional groups attached to an aromatic ring is 2. The Bertz CT molecular complexity index is 661.